The molecular weight excluding hydrogens is 398 g/mol. The van der Waals surface area contributed by atoms with Crippen molar-refractivity contribution in [1.29, 1.82) is 0 Å². The maximum absolute atomic E-state index is 13.1. The van der Waals surface area contributed by atoms with E-state index in [2.05, 4.69) is 54.4 Å². The number of nitrogens with zero attached hydrogens (tertiary/aromatic N) is 2. The van der Waals surface area contributed by atoms with Gasteiger partial charge in [0.2, 0.25) is 0 Å². The molecule has 0 radical (unpaired) electrons. The van der Waals surface area contributed by atoms with Gasteiger partial charge < -0.3 is 19.9 Å². The molecule has 1 N–H and O–H groups in total. The lowest BCUT2D eigenvalue weighted by molar-refractivity contribution is 0.179. The highest BCUT2D eigenvalue weighted by Gasteiger charge is 2.33. The van der Waals surface area contributed by atoms with Gasteiger partial charge in [-0.1, -0.05) is 74.5 Å². The van der Waals surface area contributed by atoms with Crippen LogP contribution in [0.1, 0.15) is 36.6 Å². The van der Waals surface area contributed by atoms with Crippen molar-refractivity contribution < 1.29 is 9.53 Å². The summed E-state index contributed by atoms with van der Waals surface area (Å²) in [4.78, 5) is 17.4. The number of hydrogen-bond donors (Lipinski definition) is 1. The van der Waals surface area contributed by atoms with Gasteiger partial charge in [0.05, 0.1) is 6.04 Å². The van der Waals surface area contributed by atoms with Crippen molar-refractivity contribution in [1.82, 2.24) is 9.80 Å². The summed E-state index contributed by atoms with van der Waals surface area (Å²) < 4.78 is 6.08. The molecule has 0 aromatic heterocycles. The first-order valence-electron chi connectivity index (χ1n) is 11.3. The van der Waals surface area contributed by atoms with Gasteiger partial charge in [-0.05, 0) is 42.4 Å². The van der Waals surface area contributed by atoms with Crippen molar-refractivity contribution in [3.63, 3.8) is 0 Å². The predicted octanol–water partition coefficient (Wildman–Crippen LogP) is 5.54. The van der Waals surface area contributed by atoms with Crippen molar-refractivity contribution in [3.8, 4) is 5.75 Å². The lowest BCUT2D eigenvalue weighted by Gasteiger charge is -2.38. The summed E-state index contributed by atoms with van der Waals surface area (Å²) in [7, 11) is 0. The Hall–Kier alpha value is -3.31. The standard InChI is InChI=1S/C27H31N3O2/c1-3-29(4-2)17-18-30-26(24-15-8-9-16-25(24)28-27(30)31)22-13-10-14-23(19-22)32-20-21-11-6-5-7-12-21/h5-16,19,26H,3-4,17-18,20H2,1-2H3,(H,28,31). The molecule has 32 heavy (non-hydrogen) atoms. The van der Waals surface area contributed by atoms with E-state index in [1.54, 1.807) is 0 Å². The third-order valence-electron chi connectivity index (χ3n) is 6.04. The van der Waals surface area contributed by atoms with Crippen molar-refractivity contribution >= 4 is 11.7 Å². The summed E-state index contributed by atoms with van der Waals surface area (Å²) in [6.45, 7) is 8.24. The van der Waals surface area contributed by atoms with Crippen LogP contribution in [-0.2, 0) is 6.61 Å². The number of rotatable bonds is 9. The SMILES string of the molecule is CCN(CC)CCN1C(=O)Nc2ccccc2C1c1cccc(OCc2ccccc2)c1. The molecule has 166 valence electrons. The zero-order valence-electron chi connectivity index (χ0n) is 18.8. The second-order valence-corrected chi connectivity index (χ2v) is 7.99. The zero-order valence-corrected chi connectivity index (χ0v) is 18.8. The second kappa shape index (κ2) is 10.3. The van der Waals surface area contributed by atoms with Gasteiger partial charge in [-0.3, -0.25) is 0 Å². The largest absolute Gasteiger partial charge is 0.489 e. The van der Waals surface area contributed by atoms with E-state index >= 15 is 0 Å². The van der Waals surface area contributed by atoms with Crippen LogP contribution in [-0.4, -0.2) is 42.0 Å². The molecule has 1 atom stereocenters. The molecule has 0 saturated carbocycles. The van der Waals surface area contributed by atoms with Crippen LogP contribution in [0.2, 0.25) is 0 Å². The molecule has 2 amide bonds. The van der Waals surface area contributed by atoms with Gasteiger partial charge in [-0.25, -0.2) is 4.79 Å². The summed E-state index contributed by atoms with van der Waals surface area (Å²) in [5.41, 5.74) is 4.16. The van der Waals surface area contributed by atoms with Crippen LogP contribution in [0.15, 0.2) is 78.9 Å². The molecule has 0 fully saturated rings. The van der Waals surface area contributed by atoms with Gasteiger partial charge >= 0.3 is 6.03 Å². The van der Waals surface area contributed by atoms with E-state index in [1.165, 1.54) is 0 Å². The number of urea groups is 1. The number of para-hydroxylation sites is 1. The van der Waals surface area contributed by atoms with Crippen LogP contribution < -0.4 is 10.1 Å². The van der Waals surface area contributed by atoms with Crippen molar-refractivity contribution in [3.05, 3.63) is 95.6 Å². The summed E-state index contributed by atoms with van der Waals surface area (Å²) in [5.74, 6) is 0.804. The molecule has 0 saturated heterocycles. The molecule has 3 aromatic carbocycles. The van der Waals surface area contributed by atoms with Gasteiger partial charge in [-0.2, -0.15) is 0 Å². The van der Waals surface area contributed by atoms with E-state index in [0.29, 0.717) is 13.2 Å². The zero-order chi connectivity index (χ0) is 22.3. The molecule has 1 aliphatic rings. The predicted molar refractivity (Wildman–Crippen MR) is 129 cm³/mol. The molecule has 3 aromatic rings. The topological polar surface area (TPSA) is 44.8 Å². The number of nitrogens with one attached hydrogen (secondary N) is 1. The molecule has 5 nitrogen and oxygen atoms in total. The highest BCUT2D eigenvalue weighted by molar-refractivity contribution is 5.93. The summed E-state index contributed by atoms with van der Waals surface area (Å²) in [6, 6.07) is 26.1. The van der Waals surface area contributed by atoms with Crippen molar-refractivity contribution in [2.24, 2.45) is 0 Å². The molecule has 4 rings (SSSR count). The highest BCUT2D eigenvalue weighted by atomic mass is 16.5. The van der Waals surface area contributed by atoms with E-state index in [0.717, 1.165) is 47.8 Å². The average molecular weight is 430 g/mol. The number of likely N-dealkylation sites (N-methyl/N-ethyl adjacent to an activating group) is 1. The Balaban J connectivity index is 1.62. The average Bonchev–Trinajstić information content (AvgIpc) is 2.84. The van der Waals surface area contributed by atoms with Crippen LogP contribution in [0.3, 0.4) is 0 Å². The minimum absolute atomic E-state index is 0.0588. The van der Waals surface area contributed by atoms with E-state index in [1.807, 2.05) is 53.4 Å². The Bertz CT molecular complexity index is 1030. The normalized spacial score (nSPS) is 15.4. The van der Waals surface area contributed by atoms with Gasteiger partial charge in [0.15, 0.2) is 0 Å². The highest BCUT2D eigenvalue weighted by Crippen LogP contribution is 2.38. The molecule has 0 spiro atoms. The number of fused-ring (bicyclic) bond motifs is 1. The molecule has 1 heterocycles. The number of amides is 2. The fourth-order valence-corrected chi connectivity index (χ4v) is 4.22. The van der Waals surface area contributed by atoms with E-state index in [4.69, 9.17) is 4.74 Å². The van der Waals surface area contributed by atoms with Gasteiger partial charge in [0, 0.05) is 24.3 Å². The van der Waals surface area contributed by atoms with Crippen LogP contribution in [0, 0.1) is 0 Å². The number of carbonyl (C=O) groups excluding carboxylic acids is 1. The molecule has 0 aliphatic carbocycles. The van der Waals surface area contributed by atoms with E-state index in [9.17, 15) is 4.79 Å². The lowest BCUT2D eigenvalue weighted by atomic mass is 9.93. The Morgan fingerprint density at radius 3 is 2.47 bits per heavy atom. The summed E-state index contributed by atoms with van der Waals surface area (Å²) >= 11 is 0. The van der Waals surface area contributed by atoms with E-state index < -0.39 is 0 Å². The first-order valence-corrected chi connectivity index (χ1v) is 11.3. The van der Waals surface area contributed by atoms with E-state index in [-0.39, 0.29) is 12.1 Å². The third-order valence-corrected chi connectivity index (χ3v) is 6.04. The van der Waals surface area contributed by atoms with Crippen molar-refractivity contribution in [2.75, 3.05) is 31.5 Å². The van der Waals surface area contributed by atoms with Gasteiger partial charge in [-0.15, -0.1) is 0 Å². The smallest absolute Gasteiger partial charge is 0.322 e. The first kappa shape index (κ1) is 21.9. The molecule has 1 unspecified atom stereocenters. The van der Waals surface area contributed by atoms with Gasteiger partial charge in [0.25, 0.3) is 0 Å². The molecular formula is C27H31N3O2. The second-order valence-electron chi connectivity index (χ2n) is 7.99. The lowest BCUT2D eigenvalue weighted by Crippen LogP contribution is -2.46. The third kappa shape index (κ3) is 4.94. The fourth-order valence-electron chi connectivity index (χ4n) is 4.22. The first-order chi connectivity index (χ1) is 15.7. The molecule has 0 bridgehead atoms. The minimum Gasteiger partial charge on any atom is -0.489 e. The maximum Gasteiger partial charge on any atom is 0.322 e. The Morgan fingerprint density at radius 1 is 0.938 bits per heavy atom. The number of ether oxygens (including phenoxy) is 1. The number of anilines is 1. The fraction of sp³-hybridized carbons (Fsp3) is 0.296. The Morgan fingerprint density at radius 2 is 1.69 bits per heavy atom. The van der Waals surface area contributed by atoms with Crippen LogP contribution in [0.5, 0.6) is 5.75 Å². The molecule has 5 heteroatoms. The monoisotopic (exact) mass is 429 g/mol. The summed E-state index contributed by atoms with van der Waals surface area (Å²) in [6.07, 6.45) is 0. The Labute approximate surface area is 190 Å². The Kier molecular flexibility index (Phi) is 7.07. The van der Waals surface area contributed by atoms with Crippen molar-refractivity contribution in [2.45, 2.75) is 26.5 Å². The quantitative estimate of drug-likeness (QED) is 0.485. The molecule has 1 aliphatic heterocycles. The number of carbonyl (C=O) groups is 1. The maximum atomic E-state index is 13.1. The van der Waals surface area contributed by atoms with Crippen LogP contribution >= 0.6 is 0 Å². The van der Waals surface area contributed by atoms with Crippen LogP contribution in [0.4, 0.5) is 10.5 Å². The van der Waals surface area contributed by atoms with Gasteiger partial charge in [0.1, 0.15) is 12.4 Å². The number of hydrogen-bond acceptors (Lipinski definition) is 3. The summed E-state index contributed by atoms with van der Waals surface area (Å²) in [5, 5.41) is 3.07. The van der Waals surface area contributed by atoms with Crippen LogP contribution in [0.25, 0.3) is 0 Å². The minimum atomic E-state index is -0.157. The number of benzene rings is 3.